The van der Waals surface area contributed by atoms with Crippen molar-refractivity contribution in [3.63, 3.8) is 0 Å². The second-order valence-corrected chi connectivity index (χ2v) is 6.17. The Balaban J connectivity index is 1.82. The lowest BCUT2D eigenvalue weighted by atomic mass is 10.0. The first-order valence-corrected chi connectivity index (χ1v) is 7.85. The topological polar surface area (TPSA) is 73.0 Å². The normalized spacial score (nSPS) is 17.7. The monoisotopic (exact) mass is 335 g/mol. The number of aryl methyl sites for hydroxylation is 2. The highest BCUT2D eigenvalue weighted by atomic mass is 35.5. The van der Waals surface area contributed by atoms with Gasteiger partial charge in [-0.25, -0.2) is 4.68 Å². The largest absolute Gasteiger partial charge is 0.365 e. The van der Waals surface area contributed by atoms with Crippen LogP contribution in [-0.2, 0) is 14.1 Å². The van der Waals surface area contributed by atoms with Crippen LogP contribution >= 0.6 is 11.6 Å². The van der Waals surface area contributed by atoms with E-state index in [2.05, 4.69) is 10.2 Å². The molecule has 0 amide bonds. The lowest BCUT2D eigenvalue weighted by Gasteiger charge is -2.26. The first kappa shape index (κ1) is 15.7. The number of nitrogens with zero attached hydrogens (tertiary/aromatic N) is 5. The van der Waals surface area contributed by atoms with Crippen molar-refractivity contribution in [2.24, 2.45) is 14.1 Å². The van der Waals surface area contributed by atoms with Crippen LogP contribution in [0.1, 0.15) is 29.6 Å². The van der Waals surface area contributed by atoms with Crippen molar-refractivity contribution < 1.29 is 4.79 Å². The van der Waals surface area contributed by atoms with Crippen molar-refractivity contribution in [2.75, 3.05) is 11.4 Å². The molecular weight excluding hydrogens is 318 g/mol. The minimum absolute atomic E-state index is 0.0223. The molecule has 0 bridgehead atoms. The fourth-order valence-electron chi connectivity index (χ4n) is 2.96. The van der Waals surface area contributed by atoms with Gasteiger partial charge in [0.25, 0.3) is 5.56 Å². The molecule has 0 spiro atoms. The zero-order valence-corrected chi connectivity index (χ0v) is 13.8. The summed E-state index contributed by atoms with van der Waals surface area (Å²) in [6.45, 7) is 0.763. The minimum Gasteiger partial charge on any atom is -0.365 e. The highest BCUT2D eigenvalue weighted by molar-refractivity contribution is 6.33. The Hall–Kier alpha value is -2.15. The second-order valence-electron chi connectivity index (χ2n) is 5.79. The number of Topliss-reactive ketones (excluding diaryl/α,β-unsaturated/α-hetero) is 1. The van der Waals surface area contributed by atoms with Crippen LogP contribution in [0.3, 0.4) is 0 Å². The van der Waals surface area contributed by atoms with Crippen LogP contribution < -0.4 is 10.5 Å². The fraction of sp³-hybridized carbons (Fsp3) is 0.467. The summed E-state index contributed by atoms with van der Waals surface area (Å²) in [4.78, 5) is 26.4. The van der Waals surface area contributed by atoms with Gasteiger partial charge >= 0.3 is 0 Å². The summed E-state index contributed by atoms with van der Waals surface area (Å²) in [5.74, 6) is 0.0444. The maximum absolute atomic E-state index is 12.4. The van der Waals surface area contributed by atoms with Gasteiger partial charge in [0.15, 0.2) is 5.78 Å². The Bertz CT molecular complexity index is 797. The van der Waals surface area contributed by atoms with Gasteiger partial charge in [-0.1, -0.05) is 11.6 Å². The molecule has 7 nitrogen and oxygen atoms in total. The van der Waals surface area contributed by atoms with E-state index in [0.717, 1.165) is 19.4 Å². The van der Waals surface area contributed by atoms with E-state index in [9.17, 15) is 9.59 Å². The van der Waals surface area contributed by atoms with Crippen LogP contribution in [0.25, 0.3) is 0 Å². The molecule has 3 rings (SSSR count). The highest BCUT2D eigenvalue weighted by Gasteiger charge is 2.29. The van der Waals surface area contributed by atoms with Gasteiger partial charge in [0.1, 0.15) is 5.02 Å². The Morgan fingerprint density at radius 1 is 1.35 bits per heavy atom. The van der Waals surface area contributed by atoms with Gasteiger partial charge in [0.05, 0.1) is 23.6 Å². The van der Waals surface area contributed by atoms with E-state index in [0.29, 0.717) is 17.7 Å². The maximum Gasteiger partial charge on any atom is 0.287 e. The Morgan fingerprint density at radius 3 is 2.83 bits per heavy atom. The van der Waals surface area contributed by atoms with E-state index >= 15 is 0 Å². The highest BCUT2D eigenvalue weighted by Crippen LogP contribution is 2.31. The van der Waals surface area contributed by atoms with Gasteiger partial charge in [0, 0.05) is 39.3 Å². The SMILES string of the molecule is Cn1cc(C(=O)C[C@H]2CCCN2c2cnn(C)c(=O)c2Cl)cn1. The first-order chi connectivity index (χ1) is 11.0. The molecule has 0 aromatic carbocycles. The predicted molar refractivity (Wildman–Crippen MR) is 87.0 cm³/mol. The molecule has 0 saturated carbocycles. The lowest BCUT2D eigenvalue weighted by molar-refractivity contribution is 0.0974. The third-order valence-electron chi connectivity index (χ3n) is 4.19. The number of carbonyl (C=O) groups is 1. The molecule has 1 saturated heterocycles. The number of halogens is 1. The van der Waals surface area contributed by atoms with Crippen LogP contribution in [0.15, 0.2) is 23.4 Å². The summed E-state index contributed by atoms with van der Waals surface area (Å²) in [7, 11) is 3.34. The predicted octanol–water partition coefficient (Wildman–Crippen LogP) is 1.41. The number of hydrogen-bond donors (Lipinski definition) is 0. The van der Waals surface area contributed by atoms with E-state index in [1.54, 1.807) is 37.4 Å². The third kappa shape index (κ3) is 3.01. The quantitative estimate of drug-likeness (QED) is 0.790. The summed E-state index contributed by atoms with van der Waals surface area (Å²) in [6.07, 6.45) is 7.10. The van der Waals surface area contributed by atoms with E-state index in [4.69, 9.17) is 11.6 Å². The molecule has 0 aliphatic carbocycles. The second kappa shape index (κ2) is 6.16. The van der Waals surface area contributed by atoms with Crippen molar-refractivity contribution in [1.82, 2.24) is 19.6 Å². The van der Waals surface area contributed by atoms with E-state index < -0.39 is 0 Å². The number of aromatic nitrogens is 4. The smallest absolute Gasteiger partial charge is 0.287 e. The zero-order chi connectivity index (χ0) is 16.6. The van der Waals surface area contributed by atoms with Crippen LogP contribution in [0.2, 0.25) is 5.02 Å². The van der Waals surface area contributed by atoms with Gasteiger partial charge in [-0.2, -0.15) is 10.2 Å². The average Bonchev–Trinajstić information content (AvgIpc) is 3.14. The van der Waals surface area contributed by atoms with Crippen LogP contribution in [-0.4, -0.2) is 37.9 Å². The Labute approximate surface area is 138 Å². The molecule has 2 aromatic rings. The molecule has 3 heterocycles. The summed E-state index contributed by atoms with van der Waals surface area (Å²) in [6, 6.07) is 0.0223. The van der Waals surface area contributed by atoms with Gasteiger partial charge in [-0.15, -0.1) is 0 Å². The number of rotatable bonds is 4. The maximum atomic E-state index is 12.4. The number of ketones is 1. The van der Waals surface area contributed by atoms with Crippen molar-refractivity contribution >= 4 is 23.1 Å². The van der Waals surface area contributed by atoms with Crippen molar-refractivity contribution in [1.29, 1.82) is 0 Å². The summed E-state index contributed by atoms with van der Waals surface area (Å²) >= 11 is 6.19. The zero-order valence-electron chi connectivity index (χ0n) is 13.1. The molecular formula is C15H18ClN5O2. The summed E-state index contributed by atoms with van der Waals surface area (Å²) in [5.41, 5.74) is 0.886. The molecule has 2 aromatic heterocycles. The van der Waals surface area contributed by atoms with Gasteiger partial charge < -0.3 is 4.90 Å². The third-order valence-corrected chi connectivity index (χ3v) is 4.55. The molecule has 122 valence electrons. The van der Waals surface area contributed by atoms with E-state index in [1.807, 2.05) is 4.90 Å². The van der Waals surface area contributed by atoms with Gasteiger partial charge in [-0.3, -0.25) is 14.3 Å². The fourth-order valence-corrected chi connectivity index (χ4v) is 3.24. The Morgan fingerprint density at radius 2 is 2.13 bits per heavy atom. The van der Waals surface area contributed by atoms with Crippen molar-refractivity contribution in [3.8, 4) is 0 Å². The molecule has 8 heteroatoms. The molecule has 1 atom stereocenters. The first-order valence-electron chi connectivity index (χ1n) is 7.47. The molecule has 1 aliphatic heterocycles. The van der Waals surface area contributed by atoms with Crippen LogP contribution in [0.5, 0.6) is 0 Å². The van der Waals surface area contributed by atoms with Crippen molar-refractivity contribution in [2.45, 2.75) is 25.3 Å². The molecule has 0 radical (unpaired) electrons. The van der Waals surface area contributed by atoms with Gasteiger partial charge in [-0.05, 0) is 12.8 Å². The summed E-state index contributed by atoms with van der Waals surface area (Å²) in [5, 5.41) is 8.23. The Kier molecular flexibility index (Phi) is 4.21. The van der Waals surface area contributed by atoms with Gasteiger partial charge in [0.2, 0.25) is 0 Å². The van der Waals surface area contributed by atoms with Crippen LogP contribution in [0, 0.1) is 0 Å². The molecule has 23 heavy (non-hydrogen) atoms. The standard InChI is InChI=1S/C15H18ClN5O2/c1-19-9-10(7-17-19)13(22)6-11-4-3-5-21(11)12-8-18-20(2)15(23)14(12)16/h7-9,11H,3-6H2,1-2H3/t11-/m1/s1. The van der Waals surface area contributed by atoms with E-state index in [1.165, 1.54) is 4.68 Å². The molecule has 0 unspecified atom stereocenters. The number of hydrogen-bond acceptors (Lipinski definition) is 5. The lowest BCUT2D eigenvalue weighted by Crippen LogP contribution is -2.33. The molecule has 0 N–H and O–H groups in total. The minimum atomic E-state index is -0.326. The summed E-state index contributed by atoms with van der Waals surface area (Å²) < 4.78 is 2.82. The van der Waals surface area contributed by atoms with Crippen molar-refractivity contribution in [3.05, 3.63) is 39.5 Å². The van der Waals surface area contributed by atoms with E-state index in [-0.39, 0.29) is 22.4 Å². The number of anilines is 1. The molecule has 1 fully saturated rings. The van der Waals surface area contributed by atoms with Crippen LogP contribution in [0.4, 0.5) is 5.69 Å². The molecule has 1 aliphatic rings. The average molecular weight is 336 g/mol. The number of carbonyl (C=O) groups excluding carboxylic acids is 1.